The molecular formula is C14H18BrFN2O. The van der Waals surface area contributed by atoms with Gasteiger partial charge in [0, 0.05) is 12.5 Å². The molecule has 0 aromatic heterocycles. The van der Waals surface area contributed by atoms with E-state index in [-0.39, 0.29) is 17.6 Å². The van der Waals surface area contributed by atoms with Crippen LogP contribution in [0, 0.1) is 17.7 Å². The van der Waals surface area contributed by atoms with Gasteiger partial charge in [0.05, 0.1) is 4.47 Å². The molecule has 3 N–H and O–H groups in total. The molecule has 1 aromatic carbocycles. The van der Waals surface area contributed by atoms with Crippen molar-refractivity contribution in [2.45, 2.75) is 25.8 Å². The van der Waals surface area contributed by atoms with Crippen molar-refractivity contribution < 1.29 is 9.18 Å². The van der Waals surface area contributed by atoms with Crippen LogP contribution in [0.25, 0.3) is 0 Å². The van der Waals surface area contributed by atoms with Gasteiger partial charge in [0.1, 0.15) is 5.82 Å². The van der Waals surface area contributed by atoms with Crippen molar-refractivity contribution in [2.75, 3.05) is 6.54 Å². The molecule has 0 radical (unpaired) electrons. The van der Waals surface area contributed by atoms with Crippen LogP contribution in [0.2, 0.25) is 0 Å². The van der Waals surface area contributed by atoms with Crippen LogP contribution in [0.3, 0.4) is 0 Å². The summed E-state index contributed by atoms with van der Waals surface area (Å²) in [6.07, 6.45) is 3.00. The first-order valence-corrected chi connectivity index (χ1v) is 7.33. The Bertz CT molecular complexity index is 467. The van der Waals surface area contributed by atoms with Gasteiger partial charge in [-0.25, -0.2) is 4.39 Å². The van der Waals surface area contributed by atoms with E-state index in [1.165, 1.54) is 6.07 Å². The first kappa shape index (κ1) is 14.5. The Kier molecular flexibility index (Phi) is 4.93. The summed E-state index contributed by atoms with van der Waals surface area (Å²) in [5.41, 5.74) is 6.43. The van der Waals surface area contributed by atoms with Crippen molar-refractivity contribution in [3.63, 3.8) is 0 Å². The Balaban J connectivity index is 1.91. The molecule has 104 valence electrons. The van der Waals surface area contributed by atoms with Gasteiger partial charge in [-0.3, -0.25) is 4.79 Å². The zero-order valence-corrected chi connectivity index (χ0v) is 12.2. The average molecular weight is 329 g/mol. The second-order valence-corrected chi connectivity index (χ2v) is 5.85. The van der Waals surface area contributed by atoms with Gasteiger partial charge < -0.3 is 11.1 Å². The topological polar surface area (TPSA) is 55.1 Å². The minimum Gasteiger partial charge on any atom is -0.352 e. The zero-order chi connectivity index (χ0) is 13.8. The van der Waals surface area contributed by atoms with E-state index in [2.05, 4.69) is 21.2 Å². The van der Waals surface area contributed by atoms with Gasteiger partial charge in [-0.15, -0.1) is 0 Å². The number of amides is 1. The predicted octanol–water partition coefficient (Wildman–Crippen LogP) is 2.58. The van der Waals surface area contributed by atoms with Gasteiger partial charge in [-0.1, -0.05) is 12.5 Å². The Morgan fingerprint density at radius 3 is 2.95 bits per heavy atom. The molecular weight excluding hydrogens is 311 g/mol. The number of benzene rings is 1. The first-order valence-electron chi connectivity index (χ1n) is 6.53. The fraction of sp³-hybridized carbons (Fsp3) is 0.500. The number of hydrogen-bond donors (Lipinski definition) is 2. The van der Waals surface area contributed by atoms with Crippen molar-refractivity contribution in [1.29, 1.82) is 0 Å². The van der Waals surface area contributed by atoms with Crippen molar-refractivity contribution >= 4 is 21.8 Å². The molecule has 2 atom stereocenters. The number of hydrogen-bond acceptors (Lipinski definition) is 2. The smallest absolute Gasteiger partial charge is 0.223 e. The zero-order valence-electron chi connectivity index (χ0n) is 10.7. The molecule has 0 spiro atoms. The molecule has 3 nitrogen and oxygen atoms in total. The van der Waals surface area contributed by atoms with Crippen LogP contribution in [-0.2, 0) is 11.3 Å². The predicted molar refractivity (Wildman–Crippen MR) is 75.8 cm³/mol. The van der Waals surface area contributed by atoms with Gasteiger partial charge in [0.2, 0.25) is 5.91 Å². The fourth-order valence-corrected chi connectivity index (χ4v) is 2.88. The molecule has 0 saturated heterocycles. The number of carbonyl (C=O) groups excluding carboxylic acids is 1. The minimum atomic E-state index is -0.313. The second kappa shape index (κ2) is 6.48. The van der Waals surface area contributed by atoms with Crippen molar-refractivity contribution in [3.05, 3.63) is 34.1 Å². The van der Waals surface area contributed by atoms with Crippen LogP contribution in [0.15, 0.2) is 22.7 Å². The molecule has 0 aliphatic heterocycles. The lowest BCUT2D eigenvalue weighted by Gasteiger charge is -2.17. The summed E-state index contributed by atoms with van der Waals surface area (Å²) in [6, 6.07) is 4.87. The third kappa shape index (κ3) is 3.54. The summed E-state index contributed by atoms with van der Waals surface area (Å²) >= 11 is 3.10. The Hall–Kier alpha value is -0.940. The Morgan fingerprint density at radius 1 is 1.47 bits per heavy atom. The monoisotopic (exact) mass is 328 g/mol. The van der Waals surface area contributed by atoms with Crippen LogP contribution in [0.5, 0.6) is 0 Å². The number of halogens is 2. The van der Waals surface area contributed by atoms with Crippen LogP contribution < -0.4 is 11.1 Å². The maximum absolute atomic E-state index is 13.3. The third-order valence-electron chi connectivity index (χ3n) is 3.75. The molecule has 5 heteroatoms. The van der Waals surface area contributed by atoms with E-state index in [9.17, 15) is 9.18 Å². The summed E-state index contributed by atoms with van der Waals surface area (Å²) in [5.74, 6) is 0.0377. The second-order valence-electron chi connectivity index (χ2n) is 5.00. The van der Waals surface area contributed by atoms with Crippen molar-refractivity contribution in [1.82, 2.24) is 5.32 Å². The lowest BCUT2D eigenvalue weighted by molar-refractivity contribution is -0.126. The van der Waals surface area contributed by atoms with Gasteiger partial charge in [-0.2, -0.15) is 0 Å². The van der Waals surface area contributed by atoms with E-state index in [1.807, 2.05) is 0 Å². The lowest BCUT2D eigenvalue weighted by atomic mass is 9.95. The maximum atomic E-state index is 13.3. The molecule has 0 heterocycles. The van der Waals surface area contributed by atoms with Crippen molar-refractivity contribution in [3.8, 4) is 0 Å². The number of carbonyl (C=O) groups is 1. The molecule has 0 unspecified atom stereocenters. The number of nitrogens with two attached hydrogens (primary N) is 1. The number of nitrogens with one attached hydrogen (secondary N) is 1. The fourth-order valence-electron chi connectivity index (χ4n) is 2.63. The highest BCUT2D eigenvalue weighted by atomic mass is 79.9. The van der Waals surface area contributed by atoms with Gasteiger partial charge in [0.25, 0.3) is 0 Å². The van der Waals surface area contributed by atoms with Crippen LogP contribution in [-0.4, -0.2) is 12.5 Å². The maximum Gasteiger partial charge on any atom is 0.223 e. The van der Waals surface area contributed by atoms with E-state index in [4.69, 9.17) is 5.73 Å². The molecule has 19 heavy (non-hydrogen) atoms. The molecule has 1 aromatic rings. The summed E-state index contributed by atoms with van der Waals surface area (Å²) in [6.45, 7) is 0.918. The molecule has 0 bridgehead atoms. The SMILES string of the molecule is NC[C@H]1CCC[C@H]1C(=O)NCc1ccc(Br)c(F)c1. The molecule has 1 fully saturated rings. The highest BCUT2D eigenvalue weighted by molar-refractivity contribution is 9.10. The van der Waals surface area contributed by atoms with E-state index >= 15 is 0 Å². The molecule has 1 aliphatic carbocycles. The quantitative estimate of drug-likeness (QED) is 0.892. The largest absolute Gasteiger partial charge is 0.352 e. The normalized spacial score (nSPS) is 22.5. The molecule has 1 aliphatic rings. The van der Waals surface area contributed by atoms with Gasteiger partial charge in [-0.05, 0) is 58.9 Å². The lowest BCUT2D eigenvalue weighted by Crippen LogP contribution is -2.34. The molecule has 1 amide bonds. The summed E-state index contributed by atoms with van der Waals surface area (Å²) in [5, 5.41) is 2.88. The van der Waals surface area contributed by atoms with E-state index in [0.29, 0.717) is 23.5 Å². The van der Waals surface area contributed by atoms with Crippen LogP contribution in [0.1, 0.15) is 24.8 Å². The van der Waals surface area contributed by atoms with E-state index < -0.39 is 0 Å². The third-order valence-corrected chi connectivity index (χ3v) is 4.39. The highest BCUT2D eigenvalue weighted by Crippen LogP contribution is 2.31. The standard InChI is InChI=1S/C14H18BrFN2O/c15-12-5-4-9(6-13(12)16)8-18-14(19)11-3-1-2-10(11)7-17/h4-6,10-11H,1-3,7-8,17H2,(H,18,19)/t10-,11-/m1/s1. The Labute approximate surface area is 120 Å². The number of rotatable bonds is 4. The van der Waals surface area contributed by atoms with Gasteiger partial charge in [0.15, 0.2) is 0 Å². The van der Waals surface area contributed by atoms with E-state index in [1.54, 1.807) is 12.1 Å². The minimum absolute atomic E-state index is 0.0188. The average Bonchev–Trinajstić information content (AvgIpc) is 2.88. The highest BCUT2D eigenvalue weighted by Gasteiger charge is 2.31. The van der Waals surface area contributed by atoms with Crippen LogP contribution in [0.4, 0.5) is 4.39 Å². The molecule has 2 rings (SSSR count). The summed E-state index contributed by atoms with van der Waals surface area (Å²) < 4.78 is 13.8. The van der Waals surface area contributed by atoms with E-state index in [0.717, 1.165) is 24.8 Å². The summed E-state index contributed by atoms with van der Waals surface area (Å²) in [4.78, 5) is 12.1. The van der Waals surface area contributed by atoms with Crippen LogP contribution >= 0.6 is 15.9 Å². The summed E-state index contributed by atoms with van der Waals surface area (Å²) in [7, 11) is 0. The van der Waals surface area contributed by atoms with Crippen molar-refractivity contribution in [2.24, 2.45) is 17.6 Å². The molecule has 1 saturated carbocycles. The first-order chi connectivity index (χ1) is 9.11. The van der Waals surface area contributed by atoms with Gasteiger partial charge >= 0.3 is 0 Å². The Morgan fingerprint density at radius 2 is 2.26 bits per heavy atom.